The molecule has 1 fully saturated rings. The van der Waals surface area contributed by atoms with Gasteiger partial charge >= 0.3 is 0 Å². The first-order valence-electron chi connectivity index (χ1n) is 6.79. The molecule has 1 aliphatic rings. The summed E-state index contributed by atoms with van der Waals surface area (Å²) in [5, 5.41) is 3.05. The molecule has 1 amide bonds. The third kappa shape index (κ3) is 3.42. The number of hydrogen-bond acceptors (Lipinski definition) is 4. The maximum atomic E-state index is 12.3. The smallest absolute Gasteiger partial charge is 0.255 e. The van der Waals surface area contributed by atoms with Gasteiger partial charge in [0.2, 0.25) is 0 Å². The molecule has 0 spiro atoms. The molecule has 110 valence electrons. The molecule has 20 heavy (non-hydrogen) atoms. The number of methoxy groups -OCH3 is 1. The average molecular weight is 278 g/mol. The number of carbonyl (C=O) groups is 1. The summed E-state index contributed by atoms with van der Waals surface area (Å²) in [7, 11) is 1.53. The van der Waals surface area contributed by atoms with Crippen molar-refractivity contribution in [2.24, 2.45) is 0 Å². The average Bonchev–Trinajstić information content (AvgIpc) is 2.37. The summed E-state index contributed by atoms with van der Waals surface area (Å²) in [5.74, 6) is 0.360. The highest BCUT2D eigenvalue weighted by Crippen LogP contribution is 2.25. The second kappa shape index (κ2) is 5.71. The topological polar surface area (TPSA) is 73.6 Å². The van der Waals surface area contributed by atoms with Crippen LogP contribution in [-0.2, 0) is 4.74 Å². The summed E-state index contributed by atoms with van der Waals surface area (Å²) in [4.78, 5) is 12.3. The lowest BCUT2D eigenvalue weighted by molar-refractivity contribution is -0.0615. The van der Waals surface area contributed by atoms with Crippen molar-refractivity contribution < 1.29 is 14.3 Å². The van der Waals surface area contributed by atoms with E-state index in [9.17, 15) is 4.79 Å². The Kier molecular flexibility index (Phi) is 4.18. The molecule has 1 heterocycles. The normalized spacial score (nSPS) is 21.2. The highest BCUT2D eigenvalue weighted by Gasteiger charge is 2.30. The van der Waals surface area contributed by atoms with Gasteiger partial charge in [-0.05, 0) is 38.8 Å². The zero-order valence-corrected chi connectivity index (χ0v) is 12.2. The molecule has 5 nitrogen and oxygen atoms in total. The van der Waals surface area contributed by atoms with Gasteiger partial charge in [0, 0.05) is 24.4 Å². The number of nitrogens with two attached hydrogens (primary N) is 1. The fraction of sp³-hybridized carbons (Fsp3) is 0.533. The summed E-state index contributed by atoms with van der Waals surface area (Å²) >= 11 is 0. The van der Waals surface area contributed by atoms with Crippen molar-refractivity contribution in [2.75, 3.05) is 19.5 Å². The molecule has 1 atom stereocenters. The molecular weight excluding hydrogens is 256 g/mol. The van der Waals surface area contributed by atoms with Gasteiger partial charge in [0.25, 0.3) is 5.91 Å². The minimum atomic E-state index is -0.193. The Balaban J connectivity index is 2.08. The first kappa shape index (κ1) is 14.7. The largest absolute Gasteiger partial charge is 0.496 e. The van der Waals surface area contributed by atoms with Gasteiger partial charge in [-0.3, -0.25) is 4.79 Å². The van der Waals surface area contributed by atoms with E-state index in [0.717, 1.165) is 12.8 Å². The van der Waals surface area contributed by atoms with E-state index >= 15 is 0 Å². The van der Waals surface area contributed by atoms with E-state index < -0.39 is 0 Å². The highest BCUT2D eigenvalue weighted by atomic mass is 16.5. The van der Waals surface area contributed by atoms with Crippen molar-refractivity contribution in [1.29, 1.82) is 0 Å². The van der Waals surface area contributed by atoms with E-state index in [-0.39, 0.29) is 17.6 Å². The maximum Gasteiger partial charge on any atom is 0.255 e. The molecule has 0 saturated carbocycles. The Morgan fingerprint density at radius 3 is 2.90 bits per heavy atom. The van der Waals surface area contributed by atoms with Crippen molar-refractivity contribution in [3.63, 3.8) is 0 Å². The second-order valence-electron chi connectivity index (χ2n) is 5.73. The number of nitrogens with one attached hydrogen (secondary N) is 1. The Bertz CT molecular complexity index is 500. The third-order valence-corrected chi connectivity index (χ3v) is 3.50. The molecule has 0 radical (unpaired) electrons. The molecule has 0 bridgehead atoms. The van der Waals surface area contributed by atoms with Crippen LogP contribution >= 0.6 is 0 Å². The number of amides is 1. The summed E-state index contributed by atoms with van der Waals surface area (Å²) in [6, 6.07) is 5.16. The van der Waals surface area contributed by atoms with E-state index in [1.54, 1.807) is 18.2 Å². The maximum absolute atomic E-state index is 12.3. The van der Waals surface area contributed by atoms with Crippen molar-refractivity contribution in [2.45, 2.75) is 38.3 Å². The molecular formula is C15H22N2O3. The molecule has 1 unspecified atom stereocenters. The van der Waals surface area contributed by atoms with Crippen LogP contribution in [0.5, 0.6) is 5.75 Å². The standard InChI is InChI=1S/C15H22N2O3/c1-15(2)9-11(6-7-20-15)17-14(18)12-5-4-10(16)8-13(12)19-3/h4-5,8,11H,6-7,9,16H2,1-3H3,(H,17,18). The number of hydrogen-bond donors (Lipinski definition) is 2. The molecule has 0 aromatic heterocycles. The highest BCUT2D eigenvalue weighted by molar-refractivity contribution is 5.97. The van der Waals surface area contributed by atoms with Gasteiger partial charge < -0.3 is 20.5 Å². The Morgan fingerprint density at radius 1 is 1.50 bits per heavy atom. The van der Waals surface area contributed by atoms with E-state index in [1.807, 2.05) is 13.8 Å². The van der Waals surface area contributed by atoms with Crippen LogP contribution in [0.4, 0.5) is 5.69 Å². The quantitative estimate of drug-likeness (QED) is 0.829. The number of anilines is 1. The van der Waals surface area contributed by atoms with Crippen molar-refractivity contribution in [3.05, 3.63) is 23.8 Å². The molecule has 1 aromatic rings. The van der Waals surface area contributed by atoms with Crippen molar-refractivity contribution in [1.82, 2.24) is 5.32 Å². The Morgan fingerprint density at radius 2 is 2.25 bits per heavy atom. The number of carbonyl (C=O) groups excluding carboxylic acids is 1. The minimum absolute atomic E-state index is 0.119. The van der Waals surface area contributed by atoms with Crippen LogP contribution in [0, 0.1) is 0 Å². The van der Waals surface area contributed by atoms with Crippen molar-refractivity contribution in [3.8, 4) is 5.75 Å². The summed E-state index contributed by atoms with van der Waals surface area (Å²) in [6.45, 7) is 4.74. The first-order chi connectivity index (χ1) is 9.41. The third-order valence-electron chi connectivity index (χ3n) is 3.50. The van der Waals surface area contributed by atoms with E-state index in [4.69, 9.17) is 15.2 Å². The number of ether oxygens (including phenoxy) is 2. The molecule has 1 aliphatic heterocycles. The lowest BCUT2D eigenvalue weighted by Crippen LogP contribution is -2.45. The van der Waals surface area contributed by atoms with Crippen LogP contribution < -0.4 is 15.8 Å². The zero-order valence-electron chi connectivity index (χ0n) is 12.2. The molecule has 5 heteroatoms. The SMILES string of the molecule is COc1cc(N)ccc1C(=O)NC1CCOC(C)(C)C1. The van der Waals surface area contributed by atoms with Crippen LogP contribution in [0.15, 0.2) is 18.2 Å². The van der Waals surface area contributed by atoms with Crippen molar-refractivity contribution >= 4 is 11.6 Å². The monoisotopic (exact) mass is 278 g/mol. The number of benzene rings is 1. The predicted octanol–water partition coefficient (Wildman–Crippen LogP) is 1.96. The minimum Gasteiger partial charge on any atom is -0.496 e. The van der Waals surface area contributed by atoms with Gasteiger partial charge in [0.1, 0.15) is 5.75 Å². The van der Waals surface area contributed by atoms with Gasteiger partial charge in [-0.25, -0.2) is 0 Å². The molecule has 2 rings (SSSR count). The van der Waals surface area contributed by atoms with Crippen LogP contribution in [0.1, 0.15) is 37.0 Å². The Labute approximate surface area is 119 Å². The van der Waals surface area contributed by atoms with E-state index in [1.165, 1.54) is 7.11 Å². The van der Waals surface area contributed by atoms with E-state index in [0.29, 0.717) is 23.6 Å². The van der Waals surface area contributed by atoms with Gasteiger partial charge in [0.15, 0.2) is 0 Å². The second-order valence-corrected chi connectivity index (χ2v) is 5.73. The lowest BCUT2D eigenvalue weighted by Gasteiger charge is -2.35. The summed E-state index contributed by atoms with van der Waals surface area (Å²) in [5.41, 5.74) is 6.58. The predicted molar refractivity (Wildman–Crippen MR) is 77.9 cm³/mol. The van der Waals surface area contributed by atoms with Crippen LogP contribution in [-0.4, -0.2) is 31.3 Å². The molecule has 3 N–H and O–H groups in total. The number of rotatable bonds is 3. The van der Waals surface area contributed by atoms with Gasteiger partial charge in [-0.15, -0.1) is 0 Å². The fourth-order valence-electron chi connectivity index (χ4n) is 2.51. The Hall–Kier alpha value is -1.75. The lowest BCUT2D eigenvalue weighted by atomic mass is 9.93. The number of nitrogen functional groups attached to an aromatic ring is 1. The zero-order chi connectivity index (χ0) is 14.8. The summed E-state index contributed by atoms with van der Waals surface area (Å²) < 4.78 is 10.9. The molecule has 1 saturated heterocycles. The van der Waals surface area contributed by atoms with Crippen LogP contribution in [0.3, 0.4) is 0 Å². The van der Waals surface area contributed by atoms with Gasteiger partial charge in [-0.1, -0.05) is 0 Å². The first-order valence-corrected chi connectivity index (χ1v) is 6.79. The molecule has 0 aliphatic carbocycles. The van der Waals surface area contributed by atoms with Gasteiger partial charge in [0.05, 0.1) is 18.3 Å². The summed E-state index contributed by atoms with van der Waals surface area (Å²) in [6.07, 6.45) is 1.63. The van der Waals surface area contributed by atoms with E-state index in [2.05, 4.69) is 5.32 Å². The fourth-order valence-corrected chi connectivity index (χ4v) is 2.51. The molecule has 1 aromatic carbocycles. The van der Waals surface area contributed by atoms with Crippen LogP contribution in [0.2, 0.25) is 0 Å². The van der Waals surface area contributed by atoms with Gasteiger partial charge in [-0.2, -0.15) is 0 Å². The van der Waals surface area contributed by atoms with Crippen LogP contribution in [0.25, 0.3) is 0 Å².